The van der Waals surface area contributed by atoms with Crippen molar-refractivity contribution in [2.75, 3.05) is 46.0 Å². The second-order valence-corrected chi connectivity index (χ2v) is 7.37. The van der Waals surface area contributed by atoms with E-state index in [1.807, 2.05) is 25.7 Å². The number of carbonyl (C=O) groups is 1. The number of hydrogen-bond acceptors (Lipinski definition) is 5. The molecule has 0 N–H and O–H groups in total. The molecule has 0 spiro atoms. The molecule has 1 amide bonds. The molecule has 0 aromatic heterocycles. The van der Waals surface area contributed by atoms with Crippen molar-refractivity contribution in [3.8, 4) is 17.2 Å². The summed E-state index contributed by atoms with van der Waals surface area (Å²) in [7, 11) is 0. The van der Waals surface area contributed by atoms with E-state index < -0.39 is 0 Å². The van der Waals surface area contributed by atoms with Crippen LogP contribution < -0.4 is 14.2 Å². The van der Waals surface area contributed by atoms with Crippen LogP contribution in [0.5, 0.6) is 17.2 Å². The van der Waals surface area contributed by atoms with Gasteiger partial charge < -0.3 is 19.1 Å². The van der Waals surface area contributed by atoms with Crippen LogP contribution in [-0.2, 0) is 0 Å². The van der Waals surface area contributed by atoms with Gasteiger partial charge in [0.15, 0.2) is 11.5 Å². The smallest absolute Gasteiger partial charge is 0.254 e. The maximum Gasteiger partial charge on any atom is 0.254 e. The molecule has 156 valence electrons. The van der Waals surface area contributed by atoms with E-state index in [1.165, 1.54) is 25.7 Å². The van der Waals surface area contributed by atoms with E-state index in [2.05, 4.69) is 4.90 Å². The van der Waals surface area contributed by atoms with Gasteiger partial charge in [-0.2, -0.15) is 0 Å². The highest BCUT2D eigenvalue weighted by Gasteiger charge is 2.29. The largest absolute Gasteiger partial charge is 0.490 e. The third-order valence-corrected chi connectivity index (χ3v) is 5.60. The SMILES string of the molecule is CCOc1cc(C(=O)N2CCN(C3CCCC3)CC2)cc(OCC)c1OCC. The molecule has 1 saturated carbocycles. The van der Waals surface area contributed by atoms with Crippen molar-refractivity contribution in [1.29, 1.82) is 0 Å². The van der Waals surface area contributed by atoms with Gasteiger partial charge in [0.05, 0.1) is 19.8 Å². The number of hydrogen-bond donors (Lipinski definition) is 0. The molecule has 1 aliphatic heterocycles. The number of carbonyl (C=O) groups excluding carboxylic acids is 1. The summed E-state index contributed by atoms with van der Waals surface area (Å²) in [5.74, 6) is 1.76. The Morgan fingerprint density at radius 2 is 1.43 bits per heavy atom. The number of benzene rings is 1. The average Bonchev–Trinajstić information content (AvgIpc) is 3.25. The lowest BCUT2D eigenvalue weighted by Gasteiger charge is -2.38. The zero-order chi connectivity index (χ0) is 19.9. The van der Waals surface area contributed by atoms with Gasteiger partial charge in [-0.3, -0.25) is 9.69 Å². The number of ether oxygens (including phenoxy) is 3. The minimum Gasteiger partial charge on any atom is -0.490 e. The van der Waals surface area contributed by atoms with Crippen molar-refractivity contribution in [3.63, 3.8) is 0 Å². The average molecular weight is 391 g/mol. The van der Waals surface area contributed by atoms with Crippen LogP contribution in [0, 0.1) is 0 Å². The minimum absolute atomic E-state index is 0.0380. The Kier molecular flexibility index (Phi) is 7.43. The molecule has 28 heavy (non-hydrogen) atoms. The Bertz CT molecular complexity index is 623. The molecular formula is C22H34N2O4. The van der Waals surface area contributed by atoms with E-state index >= 15 is 0 Å². The first-order valence-corrected chi connectivity index (χ1v) is 10.8. The Labute approximate surface area is 168 Å². The molecule has 1 aromatic rings. The van der Waals surface area contributed by atoms with Crippen LogP contribution in [-0.4, -0.2) is 67.7 Å². The molecule has 2 fully saturated rings. The predicted octanol–water partition coefficient (Wildman–Crippen LogP) is 3.58. The second kappa shape index (κ2) is 10.0. The topological polar surface area (TPSA) is 51.2 Å². The fourth-order valence-corrected chi connectivity index (χ4v) is 4.25. The quantitative estimate of drug-likeness (QED) is 0.679. The molecule has 1 heterocycles. The van der Waals surface area contributed by atoms with Gasteiger partial charge in [0.25, 0.3) is 5.91 Å². The van der Waals surface area contributed by atoms with Gasteiger partial charge in [0.2, 0.25) is 5.75 Å². The van der Waals surface area contributed by atoms with E-state index in [1.54, 1.807) is 12.1 Å². The van der Waals surface area contributed by atoms with Crippen molar-refractivity contribution in [3.05, 3.63) is 17.7 Å². The lowest BCUT2D eigenvalue weighted by atomic mass is 10.1. The van der Waals surface area contributed by atoms with Gasteiger partial charge in [-0.1, -0.05) is 12.8 Å². The lowest BCUT2D eigenvalue weighted by Crippen LogP contribution is -2.51. The third-order valence-electron chi connectivity index (χ3n) is 5.60. The predicted molar refractivity (Wildman–Crippen MR) is 110 cm³/mol. The van der Waals surface area contributed by atoms with Crippen LogP contribution in [0.4, 0.5) is 0 Å². The molecule has 1 aromatic carbocycles. The van der Waals surface area contributed by atoms with Crippen molar-refractivity contribution < 1.29 is 19.0 Å². The standard InChI is InChI=1S/C22H34N2O4/c1-4-26-19-15-17(16-20(27-5-2)21(19)28-6-3)22(25)24-13-11-23(12-14-24)18-9-7-8-10-18/h15-16,18H,4-14H2,1-3H3. The fourth-order valence-electron chi connectivity index (χ4n) is 4.25. The van der Waals surface area contributed by atoms with Crippen molar-refractivity contribution in [2.45, 2.75) is 52.5 Å². The summed E-state index contributed by atoms with van der Waals surface area (Å²) < 4.78 is 17.3. The first-order valence-electron chi connectivity index (χ1n) is 10.8. The number of rotatable bonds is 8. The number of piperazine rings is 1. The number of nitrogens with zero attached hydrogens (tertiary/aromatic N) is 2. The lowest BCUT2D eigenvalue weighted by molar-refractivity contribution is 0.0572. The molecule has 1 saturated heterocycles. The van der Waals surface area contributed by atoms with Crippen molar-refractivity contribution in [2.24, 2.45) is 0 Å². The van der Waals surface area contributed by atoms with E-state index in [-0.39, 0.29) is 5.91 Å². The highest BCUT2D eigenvalue weighted by atomic mass is 16.5. The summed E-state index contributed by atoms with van der Waals surface area (Å²) >= 11 is 0. The monoisotopic (exact) mass is 390 g/mol. The first-order chi connectivity index (χ1) is 13.7. The third kappa shape index (κ3) is 4.72. The molecule has 0 unspecified atom stereocenters. The molecule has 6 nitrogen and oxygen atoms in total. The van der Waals surface area contributed by atoms with Crippen LogP contribution in [0.25, 0.3) is 0 Å². The molecular weight excluding hydrogens is 356 g/mol. The Balaban J connectivity index is 1.75. The summed E-state index contributed by atoms with van der Waals surface area (Å²) in [6.07, 6.45) is 5.30. The van der Waals surface area contributed by atoms with E-state index in [0.29, 0.717) is 42.6 Å². The van der Waals surface area contributed by atoms with Gasteiger partial charge in [-0.15, -0.1) is 0 Å². The normalized spacial score (nSPS) is 18.3. The van der Waals surface area contributed by atoms with E-state index in [4.69, 9.17) is 14.2 Å². The Hall–Kier alpha value is -1.95. The molecule has 6 heteroatoms. The molecule has 0 bridgehead atoms. The molecule has 0 atom stereocenters. The summed E-state index contributed by atoms with van der Waals surface area (Å²) in [6, 6.07) is 4.31. The first kappa shape index (κ1) is 20.8. The van der Waals surface area contributed by atoms with Gasteiger partial charge in [-0.05, 0) is 45.7 Å². The van der Waals surface area contributed by atoms with Crippen LogP contribution in [0.1, 0.15) is 56.8 Å². The maximum atomic E-state index is 13.2. The summed E-state index contributed by atoms with van der Waals surface area (Å²) in [4.78, 5) is 17.7. The summed E-state index contributed by atoms with van der Waals surface area (Å²) in [5.41, 5.74) is 0.602. The van der Waals surface area contributed by atoms with Crippen molar-refractivity contribution in [1.82, 2.24) is 9.80 Å². The minimum atomic E-state index is 0.0380. The zero-order valence-electron chi connectivity index (χ0n) is 17.5. The van der Waals surface area contributed by atoms with Crippen LogP contribution in [0.2, 0.25) is 0 Å². The molecule has 1 aliphatic carbocycles. The van der Waals surface area contributed by atoms with E-state index in [0.717, 1.165) is 32.2 Å². The second-order valence-electron chi connectivity index (χ2n) is 7.37. The van der Waals surface area contributed by atoms with Crippen LogP contribution in [0.3, 0.4) is 0 Å². The van der Waals surface area contributed by atoms with Gasteiger partial charge in [-0.25, -0.2) is 0 Å². The molecule has 2 aliphatic rings. The Morgan fingerprint density at radius 1 is 0.893 bits per heavy atom. The van der Waals surface area contributed by atoms with Crippen molar-refractivity contribution >= 4 is 5.91 Å². The highest BCUT2D eigenvalue weighted by molar-refractivity contribution is 5.95. The fraction of sp³-hybridized carbons (Fsp3) is 0.682. The van der Waals surface area contributed by atoms with E-state index in [9.17, 15) is 4.79 Å². The maximum absolute atomic E-state index is 13.2. The van der Waals surface area contributed by atoms with Crippen LogP contribution >= 0.6 is 0 Å². The van der Waals surface area contributed by atoms with Gasteiger partial charge in [0.1, 0.15) is 0 Å². The molecule has 0 radical (unpaired) electrons. The molecule has 3 rings (SSSR count). The zero-order valence-corrected chi connectivity index (χ0v) is 17.5. The summed E-state index contributed by atoms with van der Waals surface area (Å²) in [6.45, 7) is 10.8. The van der Waals surface area contributed by atoms with Crippen LogP contribution in [0.15, 0.2) is 12.1 Å². The summed E-state index contributed by atoms with van der Waals surface area (Å²) in [5, 5.41) is 0. The number of amides is 1. The van der Waals surface area contributed by atoms with Gasteiger partial charge in [0, 0.05) is 37.8 Å². The Morgan fingerprint density at radius 3 is 1.93 bits per heavy atom. The highest BCUT2D eigenvalue weighted by Crippen LogP contribution is 2.39. The van der Waals surface area contributed by atoms with Gasteiger partial charge >= 0.3 is 0 Å².